The first-order chi connectivity index (χ1) is 25.7. The van der Waals surface area contributed by atoms with Crippen LogP contribution in [0, 0.1) is 0 Å². The number of alkyl halides is 3. The molecule has 0 aliphatic carbocycles. The van der Waals surface area contributed by atoms with Crippen LogP contribution in [0.1, 0.15) is 39.9 Å². The first-order valence-electron chi connectivity index (χ1n) is 16.8. The molecule has 0 aromatic heterocycles. The smallest absolute Gasteiger partial charge is 0.416 e. The molecule has 4 aromatic carbocycles. The van der Waals surface area contributed by atoms with Gasteiger partial charge in [-0.25, -0.2) is 12.7 Å². The molecule has 1 saturated heterocycles. The number of hydrogen-bond donors (Lipinski definition) is 3. The van der Waals surface area contributed by atoms with Crippen LogP contribution in [0.5, 0.6) is 11.5 Å². The average molecular weight is 769 g/mol. The number of nitrogens with one attached hydrogen (secondary N) is 2. The van der Waals surface area contributed by atoms with Crippen LogP contribution in [-0.2, 0) is 38.8 Å². The van der Waals surface area contributed by atoms with E-state index in [4.69, 9.17) is 9.47 Å². The van der Waals surface area contributed by atoms with Crippen LogP contribution in [0.4, 0.5) is 30.2 Å². The summed E-state index contributed by atoms with van der Waals surface area (Å²) in [6.45, 7) is 0.0677. The summed E-state index contributed by atoms with van der Waals surface area (Å²) in [7, 11) is -2.81. The Hall–Kier alpha value is -5.45. The predicted molar refractivity (Wildman–Crippen MR) is 195 cm³/mol. The SMILES string of the molecule is COc1ccc(N(c2c(OC=O)ccc(C(=O)N[C@@H](Cc3ccccc3)[C@H](O)CNCc3cccc(C(F)(F)F)c3)c2N2CCCC2=O)S(C)(=O)=O)cc1. The number of amides is 2. The molecule has 12 nitrogen and oxygen atoms in total. The van der Waals surface area contributed by atoms with Crippen LogP contribution >= 0.6 is 0 Å². The topological polar surface area (TPSA) is 155 Å². The molecule has 2 atom stereocenters. The minimum absolute atomic E-state index is 0.0115. The summed E-state index contributed by atoms with van der Waals surface area (Å²) in [5.74, 6) is -1.02. The molecular weight excluding hydrogens is 729 g/mol. The van der Waals surface area contributed by atoms with E-state index in [1.165, 1.54) is 60.5 Å². The van der Waals surface area contributed by atoms with Crippen LogP contribution in [0.25, 0.3) is 0 Å². The second kappa shape index (κ2) is 17.1. The Kier molecular flexibility index (Phi) is 12.6. The Morgan fingerprint density at radius 1 is 1.02 bits per heavy atom. The number of anilines is 3. The number of carbonyl (C=O) groups excluding carboxylic acids is 3. The van der Waals surface area contributed by atoms with E-state index in [0.29, 0.717) is 17.7 Å². The van der Waals surface area contributed by atoms with E-state index in [2.05, 4.69) is 10.6 Å². The van der Waals surface area contributed by atoms with Gasteiger partial charge in [0, 0.05) is 26.1 Å². The lowest BCUT2D eigenvalue weighted by atomic mass is 9.99. The zero-order valence-electron chi connectivity index (χ0n) is 29.4. The first kappa shape index (κ1) is 39.8. The van der Waals surface area contributed by atoms with Crippen LogP contribution in [0.3, 0.4) is 0 Å². The molecule has 0 spiro atoms. The highest BCUT2D eigenvalue weighted by Crippen LogP contribution is 2.47. The van der Waals surface area contributed by atoms with Gasteiger partial charge in [0.05, 0.1) is 48.0 Å². The van der Waals surface area contributed by atoms with Gasteiger partial charge in [0.1, 0.15) is 11.4 Å². The minimum Gasteiger partial charge on any atom is -0.497 e. The van der Waals surface area contributed by atoms with Gasteiger partial charge >= 0.3 is 6.18 Å². The van der Waals surface area contributed by atoms with Crippen molar-refractivity contribution in [3.63, 3.8) is 0 Å². The highest BCUT2D eigenvalue weighted by atomic mass is 32.2. The van der Waals surface area contributed by atoms with Crippen molar-refractivity contribution < 1.29 is 50.6 Å². The lowest BCUT2D eigenvalue weighted by Crippen LogP contribution is -2.49. The summed E-state index contributed by atoms with van der Waals surface area (Å²) >= 11 is 0. The number of ether oxygens (including phenoxy) is 2. The summed E-state index contributed by atoms with van der Waals surface area (Å²) in [6.07, 6.45) is -4.26. The number of hydrogen-bond acceptors (Lipinski definition) is 9. The molecule has 0 unspecified atom stereocenters. The Morgan fingerprint density at radius 3 is 2.33 bits per heavy atom. The molecule has 0 bridgehead atoms. The molecule has 1 aliphatic heterocycles. The molecule has 1 aliphatic rings. The number of rotatable bonds is 16. The molecule has 0 radical (unpaired) electrons. The van der Waals surface area contributed by atoms with Crippen molar-refractivity contribution in [1.82, 2.24) is 10.6 Å². The molecule has 54 heavy (non-hydrogen) atoms. The lowest BCUT2D eigenvalue weighted by Gasteiger charge is -2.31. The molecule has 5 rings (SSSR count). The van der Waals surface area contributed by atoms with Gasteiger partial charge in [0.15, 0.2) is 5.75 Å². The normalized spacial score (nSPS) is 14.3. The number of halogens is 3. The Morgan fingerprint density at radius 2 is 1.72 bits per heavy atom. The molecule has 16 heteroatoms. The van der Waals surface area contributed by atoms with Gasteiger partial charge in [-0.15, -0.1) is 0 Å². The molecule has 1 heterocycles. The molecule has 0 saturated carbocycles. The number of carbonyl (C=O) groups is 3. The number of aliphatic hydroxyl groups excluding tert-OH is 1. The summed E-state index contributed by atoms with van der Waals surface area (Å²) in [4.78, 5) is 40.7. The van der Waals surface area contributed by atoms with Crippen LogP contribution in [0.15, 0.2) is 91.0 Å². The van der Waals surface area contributed by atoms with E-state index < -0.39 is 45.7 Å². The monoisotopic (exact) mass is 768 g/mol. The van der Waals surface area contributed by atoms with Crippen molar-refractivity contribution in [1.29, 1.82) is 0 Å². The fraction of sp³-hybridized carbons (Fsp3) is 0.289. The number of sulfonamides is 1. The van der Waals surface area contributed by atoms with Gasteiger partial charge in [0.25, 0.3) is 12.4 Å². The van der Waals surface area contributed by atoms with E-state index in [1.54, 1.807) is 30.3 Å². The van der Waals surface area contributed by atoms with E-state index in [-0.39, 0.29) is 67.3 Å². The third-order valence-corrected chi connectivity index (χ3v) is 9.79. The molecule has 286 valence electrons. The summed E-state index contributed by atoms with van der Waals surface area (Å²) in [6, 6.07) is 21.2. The predicted octanol–water partition coefficient (Wildman–Crippen LogP) is 4.97. The Labute approximate surface area is 310 Å². The maximum absolute atomic E-state index is 14.4. The summed E-state index contributed by atoms with van der Waals surface area (Å²) in [5.41, 5.74) is -0.196. The number of methoxy groups -OCH3 is 1. The highest BCUT2D eigenvalue weighted by Gasteiger charge is 2.37. The maximum Gasteiger partial charge on any atom is 0.416 e. The van der Waals surface area contributed by atoms with Gasteiger partial charge in [-0.3, -0.25) is 14.4 Å². The molecule has 4 aromatic rings. The fourth-order valence-corrected chi connectivity index (χ4v) is 7.22. The molecule has 1 fully saturated rings. The fourth-order valence-electron chi connectivity index (χ4n) is 6.21. The van der Waals surface area contributed by atoms with Crippen LogP contribution in [0.2, 0.25) is 0 Å². The number of benzene rings is 4. The Bertz CT molecular complexity index is 2070. The van der Waals surface area contributed by atoms with Crippen molar-refractivity contribution >= 4 is 45.4 Å². The Balaban J connectivity index is 1.54. The largest absolute Gasteiger partial charge is 0.497 e. The third-order valence-electron chi connectivity index (χ3n) is 8.74. The van der Waals surface area contributed by atoms with Gasteiger partial charge in [-0.1, -0.05) is 48.5 Å². The zero-order valence-corrected chi connectivity index (χ0v) is 30.2. The second-order valence-electron chi connectivity index (χ2n) is 12.6. The first-order valence-corrected chi connectivity index (χ1v) is 18.7. The zero-order chi connectivity index (χ0) is 39.0. The van der Waals surface area contributed by atoms with Gasteiger partial charge in [-0.2, -0.15) is 13.2 Å². The van der Waals surface area contributed by atoms with E-state index >= 15 is 0 Å². The quantitative estimate of drug-likeness (QED) is 0.134. The third kappa shape index (κ3) is 9.55. The van der Waals surface area contributed by atoms with Crippen molar-refractivity contribution in [2.75, 3.05) is 35.7 Å². The van der Waals surface area contributed by atoms with Gasteiger partial charge in [0.2, 0.25) is 15.9 Å². The van der Waals surface area contributed by atoms with E-state index in [1.807, 2.05) is 0 Å². The second-order valence-corrected chi connectivity index (χ2v) is 14.4. The van der Waals surface area contributed by atoms with Gasteiger partial charge in [-0.05, 0) is 66.4 Å². The average Bonchev–Trinajstić information content (AvgIpc) is 3.57. The standard InChI is InChI=1S/C38H39F3N4O8S/c1-52-29-15-13-28(14-16-29)45(54(2,50)51)36-33(53-24-46)18-17-30(35(36)44-19-7-12-34(44)48)37(49)43-31(21-25-8-4-3-5-9-25)32(47)23-42-22-26-10-6-11-27(20-26)38(39,40)41/h3-6,8-11,13-18,20,24,31-32,42,47H,7,12,19,21-23H2,1-2H3,(H,43,49)/t31-,32+/m0/s1. The minimum atomic E-state index is -4.52. The molecule has 3 N–H and O–H groups in total. The van der Waals surface area contributed by atoms with Crippen molar-refractivity contribution in [2.24, 2.45) is 0 Å². The number of aliphatic hydroxyl groups is 1. The van der Waals surface area contributed by atoms with Crippen LogP contribution < -0.4 is 29.3 Å². The van der Waals surface area contributed by atoms with Gasteiger partial charge < -0.3 is 30.1 Å². The summed E-state index contributed by atoms with van der Waals surface area (Å²) in [5, 5.41) is 17.2. The van der Waals surface area contributed by atoms with E-state index in [0.717, 1.165) is 28.3 Å². The molecule has 2 amide bonds. The van der Waals surface area contributed by atoms with Crippen molar-refractivity contribution in [3.05, 3.63) is 113 Å². The van der Waals surface area contributed by atoms with Crippen molar-refractivity contribution in [2.45, 2.75) is 44.1 Å². The van der Waals surface area contributed by atoms with Crippen LogP contribution in [-0.4, -0.2) is 70.4 Å². The number of nitrogens with zero attached hydrogens (tertiary/aromatic N) is 2. The van der Waals surface area contributed by atoms with E-state index in [9.17, 15) is 41.1 Å². The summed E-state index contributed by atoms with van der Waals surface area (Å²) < 4.78 is 78.3. The molecular formula is C38H39F3N4O8S. The maximum atomic E-state index is 14.4. The highest BCUT2D eigenvalue weighted by molar-refractivity contribution is 7.92. The van der Waals surface area contributed by atoms with Crippen molar-refractivity contribution in [3.8, 4) is 11.5 Å². The lowest BCUT2D eigenvalue weighted by molar-refractivity contribution is -0.137.